The minimum Gasteiger partial charge on any atom is -0.325 e. The maximum atomic E-state index is 6.28. The molecule has 0 heterocycles. The van der Waals surface area contributed by atoms with E-state index in [1.165, 1.54) is 57.8 Å². The van der Waals surface area contributed by atoms with Crippen LogP contribution in [-0.4, -0.2) is 5.54 Å². The Balaban J connectivity index is 1.95. The molecular weight excluding hydrogens is 158 g/mol. The van der Waals surface area contributed by atoms with Gasteiger partial charge in [0.2, 0.25) is 0 Å². The highest BCUT2D eigenvalue weighted by Crippen LogP contribution is 2.53. The van der Waals surface area contributed by atoms with Gasteiger partial charge in [0.25, 0.3) is 0 Å². The number of unbranched alkanes of at least 4 members (excludes halogenated alkanes) is 1. The number of fused-ring (bicyclic) bond motifs is 3. The molecular formula is C12H23N. The first-order valence-corrected chi connectivity index (χ1v) is 5.97. The highest BCUT2D eigenvalue weighted by molar-refractivity contribution is 5.02. The lowest BCUT2D eigenvalue weighted by Gasteiger charge is -2.52. The summed E-state index contributed by atoms with van der Waals surface area (Å²) >= 11 is 0. The molecule has 1 nitrogen and oxygen atoms in total. The van der Waals surface area contributed by atoms with Gasteiger partial charge in [0.05, 0.1) is 0 Å². The van der Waals surface area contributed by atoms with E-state index in [0.717, 1.165) is 5.41 Å². The van der Waals surface area contributed by atoms with E-state index in [0.29, 0.717) is 0 Å². The van der Waals surface area contributed by atoms with Crippen molar-refractivity contribution in [2.75, 3.05) is 0 Å². The van der Waals surface area contributed by atoms with E-state index in [-0.39, 0.29) is 5.54 Å². The van der Waals surface area contributed by atoms with E-state index in [4.69, 9.17) is 5.73 Å². The third-order valence-corrected chi connectivity index (χ3v) is 4.52. The lowest BCUT2D eigenvalue weighted by Crippen LogP contribution is -2.51. The summed E-state index contributed by atoms with van der Waals surface area (Å²) in [5, 5.41) is 0. The Morgan fingerprint density at radius 1 is 1.00 bits per heavy atom. The Bertz CT molecular complexity index is 155. The molecule has 3 aliphatic rings. The van der Waals surface area contributed by atoms with Crippen molar-refractivity contribution in [3.8, 4) is 0 Å². The normalized spacial score (nSPS) is 43.8. The van der Waals surface area contributed by atoms with Gasteiger partial charge in [-0.1, -0.05) is 19.8 Å². The Morgan fingerprint density at radius 3 is 2.00 bits per heavy atom. The van der Waals surface area contributed by atoms with Crippen LogP contribution in [0.4, 0.5) is 0 Å². The number of hydrogen-bond acceptors (Lipinski definition) is 1. The topological polar surface area (TPSA) is 26.0 Å². The summed E-state index contributed by atoms with van der Waals surface area (Å²) in [5.41, 5.74) is 7.27. The average molecular weight is 181 g/mol. The second kappa shape index (κ2) is 3.27. The zero-order valence-electron chi connectivity index (χ0n) is 8.94. The van der Waals surface area contributed by atoms with Crippen molar-refractivity contribution >= 4 is 0 Å². The second-order valence-corrected chi connectivity index (χ2v) is 5.47. The van der Waals surface area contributed by atoms with Gasteiger partial charge < -0.3 is 5.73 Å². The third-order valence-electron chi connectivity index (χ3n) is 4.52. The minimum absolute atomic E-state index is 0.258. The minimum atomic E-state index is 0.258. The summed E-state index contributed by atoms with van der Waals surface area (Å²) in [4.78, 5) is 0. The predicted octanol–water partition coefficient (Wildman–Crippen LogP) is 3.23. The summed E-state index contributed by atoms with van der Waals surface area (Å²) in [6.45, 7) is 2.30. The molecule has 1 heteroatoms. The Kier molecular flexibility index (Phi) is 2.39. The Morgan fingerprint density at radius 2 is 1.54 bits per heavy atom. The van der Waals surface area contributed by atoms with E-state index < -0.39 is 0 Å². The highest BCUT2D eigenvalue weighted by atomic mass is 14.8. The zero-order valence-corrected chi connectivity index (χ0v) is 8.94. The lowest BCUT2D eigenvalue weighted by molar-refractivity contribution is 0.0356. The Labute approximate surface area is 82.1 Å². The molecule has 13 heavy (non-hydrogen) atoms. The molecule has 2 N–H and O–H groups in total. The first-order valence-electron chi connectivity index (χ1n) is 5.97. The maximum Gasteiger partial charge on any atom is 0.0155 e. The van der Waals surface area contributed by atoms with Crippen LogP contribution in [0.3, 0.4) is 0 Å². The first-order chi connectivity index (χ1) is 6.18. The first kappa shape index (κ1) is 9.51. The van der Waals surface area contributed by atoms with Crippen LogP contribution in [0.25, 0.3) is 0 Å². The van der Waals surface area contributed by atoms with E-state index >= 15 is 0 Å². The summed E-state index contributed by atoms with van der Waals surface area (Å²) < 4.78 is 0. The predicted molar refractivity (Wildman–Crippen MR) is 56.6 cm³/mol. The zero-order chi connectivity index (χ0) is 9.36. The molecule has 76 valence electrons. The maximum absolute atomic E-state index is 6.28. The quantitative estimate of drug-likeness (QED) is 0.710. The molecule has 0 saturated heterocycles. The lowest BCUT2D eigenvalue weighted by atomic mass is 9.56. The van der Waals surface area contributed by atoms with Crippen LogP contribution in [0.1, 0.15) is 64.7 Å². The van der Waals surface area contributed by atoms with Crippen LogP contribution in [0, 0.1) is 5.41 Å². The molecule has 0 aromatic carbocycles. The van der Waals surface area contributed by atoms with Crippen LogP contribution in [0.15, 0.2) is 0 Å². The number of hydrogen-bond donors (Lipinski definition) is 1. The van der Waals surface area contributed by atoms with Gasteiger partial charge in [0, 0.05) is 5.54 Å². The van der Waals surface area contributed by atoms with Crippen molar-refractivity contribution in [1.29, 1.82) is 0 Å². The summed E-state index contributed by atoms with van der Waals surface area (Å²) in [6, 6.07) is 0. The largest absolute Gasteiger partial charge is 0.325 e. The van der Waals surface area contributed by atoms with Crippen molar-refractivity contribution in [2.24, 2.45) is 11.1 Å². The van der Waals surface area contributed by atoms with Crippen molar-refractivity contribution in [3.63, 3.8) is 0 Å². The van der Waals surface area contributed by atoms with Crippen molar-refractivity contribution < 1.29 is 0 Å². The van der Waals surface area contributed by atoms with Crippen LogP contribution in [0.5, 0.6) is 0 Å². The molecule has 3 saturated carbocycles. The molecule has 2 bridgehead atoms. The highest BCUT2D eigenvalue weighted by Gasteiger charge is 2.45. The van der Waals surface area contributed by atoms with E-state index in [9.17, 15) is 0 Å². The van der Waals surface area contributed by atoms with Crippen molar-refractivity contribution in [2.45, 2.75) is 70.3 Å². The fourth-order valence-electron chi connectivity index (χ4n) is 3.22. The summed E-state index contributed by atoms with van der Waals surface area (Å²) in [7, 11) is 0. The molecule has 0 radical (unpaired) electrons. The van der Waals surface area contributed by atoms with Gasteiger partial charge in [-0.3, -0.25) is 0 Å². The SMILES string of the molecule is CCCCC12CCC(N)(CC1)CC2. The molecule has 3 rings (SSSR count). The second-order valence-electron chi connectivity index (χ2n) is 5.47. The molecule has 0 aliphatic heterocycles. The molecule has 3 fully saturated rings. The molecule has 0 aromatic rings. The fraction of sp³-hybridized carbons (Fsp3) is 1.00. The molecule has 0 amide bonds. The molecule has 0 spiro atoms. The van der Waals surface area contributed by atoms with Gasteiger partial charge >= 0.3 is 0 Å². The van der Waals surface area contributed by atoms with E-state index in [2.05, 4.69) is 6.92 Å². The molecule has 0 aromatic heterocycles. The number of nitrogens with two attached hydrogens (primary N) is 1. The average Bonchev–Trinajstić information content (AvgIpc) is 2.18. The van der Waals surface area contributed by atoms with E-state index in [1.807, 2.05) is 0 Å². The van der Waals surface area contributed by atoms with Gasteiger partial charge in [-0.2, -0.15) is 0 Å². The standard InChI is InChI=1S/C12H23N/c1-2-3-4-11-5-8-12(13,9-6-11)10-7-11/h2-10,13H2,1H3. The molecule has 3 aliphatic carbocycles. The molecule has 0 atom stereocenters. The smallest absolute Gasteiger partial charge is 0.0155 e. The van der Waals surface area contributed by atoms with Gasteiger partial charge in [-0.25, -0.2) is 0 Å². The van der Waals surface area contributed by atoms with Crippen LogP contribution < -0.4 is 5.73 Å². The van der Waals surface area contributed by atoms with Gasteiger partial charge in [-0.15, -0.1) is 0 Å². The van der Waals surface area contributed by atoms with Crippen LogP contribution >= 0.6 is 0 Å². The van der Waals surface area contributed by atoms with Gasteiger partial charge in [-0.05, 0) is 50.4 Å². The van der Waals surface area contributed by atoms with Crippen LogP contribution in [0.2, 0.25) is 0 Å². The molecule has 0 unspecified atom stereocenters. The fourth-order valence-corrected chi connectivity index (χ4v) is 3.22. The van der Waals surface area contributed by atoms with Crippen LogP contribution in [-0.2, 0) is 0 Å². The Hall–Kier alpha value is -0.0400. The number of rotatable bonds is 3. The van der Waals surface area contributed by atoms with Gasteiger partial charge in [0.1, 0.15) is 0 Å². The van der Waals surface area contributed by atoms with Crippen molar-refractivity contribution in [3.05, 3.63) is 0 Å². The van der Waals surface area contributed by atoms with E-state index in [1.54, 1.807) is 0 Å². The monoisotopic (exact) mass is 181 g/mol. The summed E-state index contributed by atoms with van der Waals surface area (Å²) in [6.07, 6.45) is 12.4. The summed E-state index contributed by atoms with van der Waals surface area (Å²) in [5.74, 6) is 0. The van der Waals surface area contributed by atoms with Gasteiger partial charge in [0.15, 0.2) is 0 Å². The third kappa shape index (κ3) is 1.76. The van der Waals surface area contributed by atoms with Crippen molar-refractivity contribution in [1.82, 2.24) is 0 Å².